The van der Waals surface area contributed by atoms with E-state index >= 15 is 0 Å². The summed E-state index contributed by atoms with van der Waals surface area (Å²) in [5, 5.41) is 8.58. The van der Waals surface area contributed by atoms with Crippen molar-refractivity contribution in [3.63, 3.8) is 0 Å². The summed E-state index contributed by atoms with van der Waals surface area (Å²) in [6.45, 7) is 3.45. The molecule has 6 heteroatoms. The molecule has 0 amide bonds. The van der Waals surface area contributed by atoms with Gasteiger partial charge in [-0.05, 0) is 31.9 Å². The Morgan fingerprint density at radius 3 is 2.80 bits per heavy atom. The smallest absolute Gasteiger partial charge is 0.329 e. The molecular weight excluding hydrogens is 263 g/mol. The van der Waals surface area contributed by atoms with E-state index in [1.54, 1.807) is 6.07 Å². The van der Waals surface area contributed by atoms with Gasteiger partial charge in [0.15, 0.2) is 0 Å². The Balaban J connectivity index is 1.83. The molecule has 1 aromatic rings. The third kappa shape index (κ3) is 3.98. The Kier molecular flexibility index (Phi) is 5.03. The number of hydrogen-bond acceptors (Lipinski definition) is 4. The molecule has 0 aliphatic carbocycles. The average molecular weight is 282 g/mol. The maximum absolute atomic E-state index is 12.9. The van der Waals surface area contributed by atoms with Crippen LogP contribution >= 0.6 is 0 Å². The fourth-order valence-electron chi connectivity index (χ4n) is 2.44. The minimum atomic E-state index is -0.934. The number of hydrogen-bond donors (Lipinski definition) is 1. The molecule has 1 saturated heterocycles. The fourth-order valence-corrected chi connectivity index (χ4v) is 2.44. The summed E-state index contributed by atoms with van der Waals surface area (Å²) in [5.74, 6) is -1.27. The highest BCUT2D eigenvalue weighted by molar-refractivity contribution is 5.68. The van der Waals surface area contributed by atoms with Crippen LogP contribution in [0.1, 0.15) is 31.5 Å². The van der Waals surface area contributed by atoms with E-state index in [0.29, 0.717) is 0 Å². The number of halogens is 1. The van der Waals surface area contributed by atoms with Crippen LogP contribution in [-0.2, 0) is 9.53 Å². The standard InChI is InChI=1S/C14H19FN2O3/c1-10(13-3-2-11(15)8-16-13)17-6-4-12(5-7-17)20-9-14(18)19/h2-3,8,10,12H,4-7,9H2,1H3,(H,18,19). The van der Waals surface area contributed by atoms with E-state index in [4.69, 9.17) is 9.84 Å². The van der Waals surface area contributed by atoms with E-state index in [9.17, 15) is 9.18 Å². The number of pyridine rings is 1. The van der Waals surface area contributed by atoms with Gasteiger partial charge in [-0.2, -0.15) is 0 Å². The van der Waals surface area contributed by atoms with E-state index in [-0.39, 0.29) is 24.6 Å². The molecular formula is C14H19FN2O3. The zero-order valence-electron chi connectivity index (χ0n) is 11.5. The van der Waals surface area contributed by atoms with Crippen molar-refractivity contribution in [2.75, 3.05) is 19.7 Å². The van der Waals surface area contributed by atoms with Gasteiger partial charge in [-0.15, -0.1) is 0 Å². The number of rotatable bonds is 5. The van der Waals surface area contributed by atoms with Crippen molar-refractivity contribution in [1.82, 2.24) is 9.88 Å². The molecule has 2 heterocycles. The molecule has 110 valence electrons. The van der Waals surface area contributed by atoms with Gasteiger partial charge in [-0.25, -0.2) is 9.18 Å². The zero-order chi connectivity index (χ0) is 14.5. The molecule has 5 nitrogen and oxygen atoms in total. The first-order valence-corrected chi connectivity index (χ1v) is 6.75. The van der Waals surface area contributed by atoms with Crippen LogP contribution in [0, 0.1) is 5.82 Å². The van der Waals surface area contributed by atoms with Gasteiger partial charge in [-0.1, -0.05) is 0 Å². The van der Waals surface area contributed by atoms with Gasteiger partial charge in [0.25, 0.3) is 0 Å². The first-order chi connectivity index (χ1) is 9.56. The largest absolute Gasteiger partial charge is 0.480 e. The number of nitrogens with zero attached hydrogens (tertiary/aromatic N) is 2. The molecule has 0 radical (unpaired) electrons. The van der Waals surface area contributed by atoms with Gasteiger partial charge in [0.2, 0.25) is 0 Å². The number of carbonyl (C=O) groups is 1. The second kappa shape index (κ2) is 6.76. The van der Waals surface area contributed by atoms with Crippen molar-refractivity contribution >= 4 is 5.97 Å². The van der Waals surface area contributed by atoms with Gasteiger partial charge >= 0.3 is 5.97 Å². The quantitative estimate of drug-likeness (QED) is 0.893. The number of ether oxygens (including phenoxy) is 1. The third-order valence-corrected chi connectivity index (χ3v) is 3.65. The highest BCUT2D eigenvalue weighted by atomic mass is 19.1. The number of piperidine rings is 1. The number of carboxylic acid groups (broad SMARTS) is 1. The highest BCUT2D eigenvalue weighted by Crippen LogP contribution is 2.24. The lowest BCUT2D eigenvalue weighted by Gasteiger charge is -2.35. The highest BCUT2D eigenvalue weighted by Gasteiger charge is 2.24. The Morgan fingerprint density at radius 2 is 2.25 bits per heavy atom. The van der Waals surface area contributed by atoms with Crippen molar-refractivity contribution in [3.8, 4) is 0 Å². The van der Waals surface area contributed by atoms with Crippen LogP contribution in [0.3, 0.4) is 0 Å². The van der Waals surface area contributed by atoms with Crippen molar-refractivity contribution in [2.45, 2.75) is 31.9 Å². The van der Waals surface area contributed by atoms with Crippen LogP contribution in [0.2, 0.25) is 0 Å². The maximum Gasteiger partial charge on any atom is 0.329 e. The van der Waals surface area contributed by atoms with Crippen molar-refractivity contribution in [1.29, 1.82) is 0 Å². The van der Waals surface area contributed by atoms with Gasteiger partial charge in [0, 0.05) is 19.1 Å². The number of carboxylic acids is 1. The topological polar surface area (TPSA) is 62.7 Å². The molecule has 0 spiro atoms. The van der Waals surface area contributed by atoms with Crippen LogP contribution in [0.15, 0.2) is 18.3 Å². The van der Waals surface area contributed by atoms with Gasteiger partial charge in [0.05, 0.1) is 18.0 Å². The summed E-state index contributed by atoms with van der Waals surface area (Å²) in [6.07, 6.45) is 2.85. The Hall–Kier alpha value is -1.53. The summed E-state index contributed by atoms with van der Waals surface area (Å²) >= 11 is 0. The molecule has 1 aromatic heterocycles. The van der Waals surface area contributed by atoms with Gasteiger partial charge in [0.1, 0.15) is 12.4 Å². The van der Waals surface area contributed by atoms with E-state index < -0.39 is 5.97 Å². The van der Waals surface area contributed by atoms with Crippen LogP contribution < -0.4 is 0 Å². The SMILES string of the molecule is CC(c1ccc(F)cn1)N1CCC(OCC(=O)O)CC1. The minimum absolute atomic E-state index is 0.00993. The molecule has 0 aromatic carbocycles. The van der Waals surface area contributed by atoms with Crippen LogP contribution in [0.4, 0.5) is 4.39 Å². The van der Waals surface area contributed by atoms with Crippen LogP contribution in [0.25, 0.3) is 0 Å². The molecule has 0 bridgehead atoms. The molecule has 1 unspecified atom stereocenters. The van der Waals surface area contributed by atoms with Gasteiger partial charge < -0.3 is 9.84 Å². The second-order valence-corrected chi connectivity index (χ2v) is 5.02. The molecule has 1 N–H and O–H groups in total. The third-order valence-electron chi connectivity index (χ3n) is 3.65. The molecule has 1 fully saturated rings. The maximum atomic E-state index is 12.9. The Labute approximate surface area is 117 Å². The predicted molar refractivity (Wildman–Crippen MR) is 70.8 cm³/mol. The predicted octanol–water partition coefficient (Wildman–Crippen LogP) is 1.85. The summed E-state index contributed by atoms with van der Waals surface area (Å²) in [4.78, 5) is 16.8. The van der Waals surface area contributed by atoms with E-state index in [1.807, 2.05) is 6.92 Å². The van der Waals surface area contributed by atoms with E-state index in [1.165, 1.54) is 12.3 Å². The first-order valence-electron chi connectivity index (χ1n) is 6.75. The normalized spacial score (nSPS) is 18.9. The number of likely N-dealkylation sites (tertiary alicyclic amines) is 1. The lowest BCUT2D eigenvalue weighted by molar-refractivity contribution is -0.145. The molecule has 1 aliphatic heterocycles. The summed E-state index contributed by atoms with van der Waals surface area (Å²) < 4.78 is 18.2. The second-order valence-electron chi connectivity index (χ2n) is 5.02. The summed E-state index contributed by atoms with van der Waals surface area (Å²) in [5.41, 5.74) is 0.844. The average Bonchev–Trinajstić information content (AvgIpc) is 2.46. The van der Waals surface area contributed by atoms with E-state index in [0.717, 1.165) is 31.6 Å². The summed E-state index contributed by atoms with van der Waals surface area (Å²) in [6, 6.07) is 3.24. The van der Waals surface area contributed by atoms with Crippen molar-refractivity contribution < 1.29 is 19.0 Å². The molecule has 1 aliphatic rings. The van der Waals surface area contributed by atoms with Crippen molar-refractivity contribution in [3.05, 3.63) is 29.8 Å². The van der Waals surface area contributed by atoms with Gasteiger partial charge in [-0.3, -0.25) is 9.88 Å². The monoisotopic (exact) mass is 282 g/mol. The van der Waals surface area contributed by atoms with Crippen molar-refractivity contribution in [2.24, 2.45) is 0 Å². The number of aromatic nitrogens is 1. The Morgan fingerprint density at radius 1 is 1.55 bits per heavy atom. The first kappa shape index (κ1) is 14.9. The Bertz CT molecular complexity index is 444. The number of aliphatic carboxylic acids is 1. The minimum Gasteiger partial charge on any atom is -0.480 e. The van der Waals surface area contributed by atoms with Crippen LogP contribution in [-0.4, -0.2) is 46.8 Å². The lowest BCUT2D eigenvalue weighted by Crippen LogP contribution is -2.39. The summed E-state index contributed by atoms with van der Waals surface area (Å²) in [7, 11) is 0. The molecule has 0 saturated carbocycles. The molecule has 20 heavy (non-hydrogen) atoms. The fraction of sp³-hybridized carbons (Fsp3) is 0.571. The molecule has 1 atom stereocenters. The van der Waals surface area contributed by atoms with Crippen LogP contribution in [0.5, 0.6) is 0 Å². The zero-order valence-corrected chi connectivity index (χ0v) is 11.5. The molecule has 2 rings (SSSR count). The van der Waals surface area contributed by atoms with E-state index in [2.05, 4.69) is 9.88 Å². The lowest BCUT2D eigenvalue weighted by atomic mass is 10.0.